The molecule has 6 heteroatoms. The Bertz CT molecular complexity index is 447. The topological polar surface area (TPSA) is 80.4 Å². The molecule has 1 aromatic carbocycles. The maximum atomic E-state index is 13.1. The van der Waals surface area contributed by atoms with Crippen molar-refractivity contribution in [2.24, 2.45) is 0 Å². The predicted molar refractivity (Wildman–Crippen MR) is 58.3 cm³/mol. The fourth-order valence-corrected chi connectivity index (χ4v) is 1.48. The average Bonchev–Trinajstić information content (AvgIpc) is 2.26. The lowest BCUT2D eigenvalue weighted by Crippen LogP contribution is -2.01. The van der Waals surface area contributed by atoms with Crippen molar-refractivity contribution in [3.05, 3.63) is 39.7 Å². The Kier molecular flexibility index (Phi) is 4.14. The zero-order valence-corrected chi connectivity index (χ0v) is 9.22. The van der Waals surface area contributed by atoms with Crippen LogP contribution < -0.4 is 0 Å². The van der Waals surface area contributed by atoms with Crippen LogP contribution in [0.15, 0.2) is 18.2 Å². The summed E-state index contributed by atoms with van der Waals surface area (Å²) in [5.41, 5.74) is -0.0102. The summed E-state index contributed by atoms with van der Waals surface area (Å²) in [5, 5.41) is 19.1. The molecule has 0 radical (unpaired) electrons. The van der Waals surface area contributed by atoms with Gasteiger partial charge in [-0.3, -0.25) is 14.9 Å². The van der Waals surface area contributed by atoms with Gasteiger partial charge in [-0.25, -0.2) is 0 Å². The maximum Gasteiger partial charge on any atom is 0.305 e. The van der Waals surface area contributed by atoms with E-state index in [0.717, 1.165) is 12.1 Å². The van der Waals surface area contributed by atoms with Crippen LogP contribution in [-0.2, 0) is 4.79 Å². The molecule has 1 atom stereocenters. The van der Waals surface area contributed by atoms with E-state index in [1.807, 2.05) is 0 Å². The zero-order valence-electron chi connectivity index (χ0n) is 9.22. The molecule has 0 aliphatic rings. The van der Waals surface area contributed by atoms with Gasteiger partial charge in [-0.15, -0.1) is 0 Å². The van der Waals surface area contributed by atoms with Crippen molar-refractivity contribution in [2.45, 2.75) is 25.7 Å². The van der Waals surface area contributed by atoms with Crippen molar-refractivity contribution in [2.75, 3.05) is 0 Å². The molecule has 92 valence electrons. The first-order valence-corrected chi connectivity index (χ1v) is 5.07. The Hall–Kier alpha value is -1.98. The lowest BCUT2D eigenvalue weighted by molar-refractivity contribution is -0.387. The number of rotatable bonds is 5. The Balaban J connectivity index is 2.87. The van der Waals surface area contributed by atoms with Crippen LogP contribution in [0.25, 0.3) is 0 Å². The number of hydrogen-bond donors (Lipinski definition) is 1. The minimum atomic E-state index is -0.923. The first-order valence-electron chi connectivity index (χ1n) is 5.07. The minimum Gasteiger partial charge on any atom is -0.481 e. The Morgan fingerprint density at radius 1 is 1.59 bits per heavy atom. The van der Waals surface area contributed by atoms with Crippen molar-refractivity contribution in [1.29, 1.82) is 0 Å². The standard InChI is InChI=1S/C11H12FNO4/c1-7(2-5-11(14)15)8-3-4-9(12)10(6-8)13(16)17/h3-4,6-7H,2,5H2,1H3,(H,14,15). The molecule has 1 aromatic rings. The van der Waals surface area contributed by atoms with Gasteiger partial charge in [0, 0.05) is 12.5 Å². The van der Waals surface area contributed by atoms with Gasteiger partial charge in [-0.1, -0.05) is 13.0 Å². The smallest absolute Gasteiger partial charge is 0.305 e. The van der Waals surface area contributed by atoms with Gasteiger partial charge in [0.05, 0.1) is 4.92 Å². The van der Waals surface area contributed by atoms with Crippen LogP contribution in [0.2, 0.25) is 0 Å². The van der Waals surface area contributed by atoms with Crippen molar-refractivity contribution in [3.8, 4) is 0 Å². The van der Waals surface area contributed by atoms with Gasteiger partial charge in [0.2, 0.25) is 5.82 Å². The summed E-state index contributed by atoms with van der Waals surface area (Å²) in [6, 6.07) is 3.63. The lowest BCUT2D eigenvalue weighted by Gasteiger charge is -2.10. The molecule has 1 unspecified atom stereocenters. The third kappa shape index (κ3) is 3.51. The van der Waals surface area contributed by atoms with Gasteiger partial charge >= 0.3 is 11.7 Å². The third-order valence-electron chi connectivity index (χ3n) is 2.53. The van der Waals surface area contributed by atoms with Gasteiger partial charge in [0.25, 0.3) is 0 Å². The molecule has 5 nitrogen and oxygen atoms in total. The van der Waals surface area contributed by atoms with Gasteiger partial charge in [-0.2, -0.15) is 4.39 Å². The minimum absolute atomic E-state index is 0.0215. The van der Waals surface area contributed by atoms with Crippen molar-refractivity contribution in [3.63, 3.8) is 0 Å². The number of hydrogen-bond acceptors (Lipinski definition) is 3. The normalized spacial score (nSPS) is 12.1. The van der Waals surface area contributed by atoms with E-state index in [1.165, 1.54) is 6.07 Å². The summed E-state index contributed by atoms with van der Waals surface area (Å²) in [6.07, 6.45) is 0.338. The maximum absolute atomic E-state index is 13.1. The van der Waals surface area contributed by atoms with E-state index < -0.39 is 22.4 Å². The van der Waals surface area contributed by atoms with Crippen molar-refractivity contribution < 1.29 is 19.2 Å². The summed E-state index contributed by atoms with van der Waals surface area (Å²) in [4.78, 5) is 20.1. The molecule has 0 aliphatic carbocycles. The molecule has 0 fully saturated rings. The first-order chi connectivity index (χ1) is 7.91. The number of nitro benzene ring substituents is 1. The van der Waals surface area contributed by atoms with E-state index in [0.29, 0.717) is 12.0 Å². The molecule has 0 heterocycles. The van der Waals surface area contributed by atoms with E-state index in [-0.39, 0.29) is 12.3 Å². The van der Waals surface area contributed by atoms with E-state index >= 15 is 0 Å². The Morgan fingerprint density at radius 3 is 2.76 bits per heavy atom. The molecule has 0 bridgehead atoms. The molecule has 0 spiro atoms. The molecule has 0 aromatic heterocycles. The monoisotopic (exact) mass is 241 g/mol. The highest BCUT2D eigenvalue weighted by molar-refractivity contribution is 5.66. The molecule has 0 saturated heterocycles. The van der Waals surface area contributed by atoms with Gasteiger partial charge in [0.1, 0.15) is 0 Å². The summed E-state index contributed by atoms with van der Waals surface area (Å²) in [7, 11) is 0. The van der Waals surface area contributed by atoms with Crippen LogP contribution in [0.3, 0.4) is 0 Å². The second-order valence-corrected chi connectivity index (χ2v) is 3.80. The Morgan fingerprint density at radius 2 is 2.24 bits per heavy atom. The van der Waals surface area contributed by atoms with E-state index in [4.69, 9.17) is 5.11 Å². The molecule has 0 aliphatic heterocycles. The molecule has 0 amide bonds. The van der Waals surface area contributed by atoms with E-state index in [2.05, 4.69) is 0 Å². The SMILES string of the molecule is CC(CCC(=O)O)c1ccc(F)c([N+](=O)[O-])c1. The highest BCUT2D eigenvalue weighted by Crippen LogP contribution is 2.26. The van der Waals surface area contributed by atoms with Gasteiger partial charge in [-0.05, 0) is 24.0 Å². The number of nitro groups is 1. The molecule has 0 saturated carbocycles. The fraction of sp³-hybridized carbons (Fsp3) is 0.364. The summed E-state index contributed by atoms with van der Waals surface area (Å²) in [6.45, 7) is 1.75. The second kappa shape index (κ2) is 5.38. The van der Waals surface area contributed by atoms with Gasteiger partial charge < -0.3 is 5.11 Å². The van der Waals surface area contributed by atoms with Crippen molar-refractivity contribution >= 4 is 11.7 Å². The number of carboxylic acid groups (broad SMARTS) is 1. The summed E-state index contributed by atoms with van der Waals surface area (Å²) in [5.74, 6) is -1.97. The van der Waals surface area contributed by atoms with Gasteiger partial charge in [0.15, 0.2) is 0 Å². The number of aliphatic carboxylic acids is 1. The third-order valence-corrected chi connectivity index (χ3v) is 2.53. The summed E-state index contributed by atoms with van der Waals surface area (Å²) < 4.78 is 13.1. The van der Waals surface area contributed by atoms with Crippen LogP contribution in [0, 0.1) is 15.9 Å². The first kappa shape index (κ1) is 13.1. The number of carboxylic acids is 1. The molecule has 1 N–H and O–H groups in total. The molecular weight excluding hydrogens is 229 g/mol. The van der Waals surface area contributed by atoms with E-state index in [1.54, 1.807) is 6.92 Å². The average molecular weight is 241 g/mol. The summed E-state index contributed by atoms with van der Waals surface area (Å²) >= 11 is 0. The number of nitrogens with zero attached hydrogens (tertiary/aromatic N) is 1. The quantitative estimate of drug-likeness (QED) is 0.634. The highest BCUT2D eigenvalue weighted by Gasteiger charge is 2.17. The van der Waals surface area contributed by atoms with Crippen molar-refractivity contribution in [1.82, 2.24) is 0 Å². The highest BCUT2D eigenvalue weighted by atomic mass is 19.1. The molecular formula is C11H12FNO4. The largest absolute Gasteiger partial charge is 0.481 e. The van der Waals surface area contributed by atoms with Crippen LogP contribution in [0.1, 0.15) is 31.2 Å². The number of benzene rings is 1. The Labute approximate surface area is 97.0 Å². The zero-order chi connectivity index (χ0) is 13.0. The lowest BCUT2D eigenvalue weighted by atomic mass is 9.96. The van der Waals surface area contributed by atoms with Crippen LogP contribution in [0.4, 0.5) is 10.1 Å². The fourth-order valence-electron chi connectivity index (χ4n) is 1.48. The van der Waals surface area contributed by atoms with Crippen LogP contribution in [-0.4, -0.2) is 16.0 Å². The number of halogens is 1. The molecule has 17 heavy (non-hydrogen) atoms. The number of carbonyl (C=O) groups is 1. The molecule has 1 rings (SSSR count). The van der Waals surface area contributed by atoms with Crippen LogP contribution >= 0.6 is 0 Å². The predicted octanol–water partition coefficient (Wildman–Crippen LogP) is 2.70. The van der Waals surface area contributed by atoms with E-state index in [9.17, 15) is 19.3 Å². The van der Waals surface area contributed by atoms with Crippen LogP contribution in [0.5, 0.6) is 0 Å². The second-order valence-electron chi connectivity index (χ2n) is 3.80.